The van der Waals surface area contributed by atoms with Crippen LogP contribution in [0, 0.1) is 13.8 Å². The Balaban J connectivity index is 2.15. The van der Waals surface area contributed by atoms with Gasteiger partial charge in [-0.05, 0) is 31.5 Å². The van der Waals surface area contributed by atoms with E-state index in [-0.39, 0.29) is 39.8 Å². The number of hydrogen-bond acceptors (Lipinski definition) is 10. The number of anilines is 1. The van der Waals surface area contributed by atoms with Crippen molar-refractivity contribution in [1.82, 2.24) is 0 Å². The number of carbonyl (C=O) groups is 4. The molecule has 0 aliphatic heterocycles. The minimum atomic E-state index is -0.786. The number of hydrogen-bond donors (Lipinski definition) is 2. The molecule has 1 heterocycles. The fourth-order valence-corrected chi connectivity index (χ4v) is 4.02. The molecule has 3 N–H and O–H groups in total. The number of rotatable bonds is 11. The van der Waals surface area contributed by atoms with Crippen molar-refractivity contribution in [3.05, 3.63) is 39.3 Å². The summed E-state index contributed by atoms with van der Waals surface area (Å²) in [5, 5.41) is 2.52. The average Bonchev–Trinajstić information content (AvgIpc) is 3.13. The van der Waals surface area contributed by atoms with Crippen LogP contribution in [-0.2, 0) is 19.0 Å². The highest BCUT2D eigenvalue weighted by atomic mass is 32.1. The molecule has 11 nitrogen and oxygen atoms in total. The molecule has 0 unspecified atom stereocenters. The van der Waals surface area contributed by atoms with E-state index < -0.39 is 30.4 Å². The van der Waals surface area contributed by atoms with Crippen LogP contribution in [-0.4, -0.2) is 64.9 Å². The number of carbonyl (C=O) groups excluding carboxylic acids is 4. The van der Waals surface area contributed by atoms with Crippen molar-refractivity contribution >= 4 is 40.1 Å². The summed E-state index contributed by atoms with van der Waals surface area (Å²) >= 11 is 0.820. The Bertz CT molecular complexity index is 1070. The number of esters is 2. The van der Waals surface area contributed by atoms with Crippen molar-refractivity contribution in [1.29, 1.82) is 0 Å². The Morgan fingerprint density at radius 2 is 1.53 bits per heavy atom. The van der Waals surface area contributed by atoms with Crippen LogP contribution in [0.15, 0.2) is 12.1 Å². The molecule has 0 radical (unpaired) electrons. The van der Waals surface area contributed by atoms with Gasteiger partial charge in [0.25, 0.3) is 11.8 Å². The van der Waals surface area contributed by atoms with E-state index in [9.17, 15) is 19.2 Å². The normalized spacial score (nSPS) is 10.4. The number of methoxy groups -OCH3 is 3. The molecular formula is C22H26N2O9S. The fraction of sp³-hybridized carbons (Fsp3) is 0.364. The molecule has 12 heteroatoms. The van der Waals surface area contributed by atoms with E-state index in [1.165, 1.54) is 40.4 Å². The number of amides is 2. The largest absolute Gasteiger partial charge is 0.496 e. The minimum Gasteiger partial charge on any atom is -0.496 e. The lowest BCUT2D eigenvalue weighted by atomic mass is 10.1. The topological polar surface area (TPSA) is 152 Å². The summed E-state index contributed by atoms with van der Waals surface area (Å²) in [4.78, 5) is 49.2. The van der Waals surface area contributed by atoms with Crippen molar-refractivity contribution in [3.8, 4) is 11.5 Å². The van der Waals surface area contributed by atoms with Gasteiger partial charge in [-0.1, -0.05) is 0 Å². The zero-order valence-electron chi connectivity index (χ0n) is 19.4. The Hall–Kier alpha value is -3.64. The number of primary amides is 1. The second-order valence-electron chi connectivity index (χ2n) is 6.88. The van der Waals surface area contributed by atoms with Crippen molar-refractivity contribution < 1.29 is 42.9 Å². The minimum absolute atomic E-state index is 0.0115. The van der Waals surface area contributed by atoms with E-state index in [1.54, 1.807) is 6.92 Å². The Kier molecular flexibility index (Phi) is 9.39. The van der Waals surface area contributed by atoms with Crippen LogP contribution in [0.5, 0.6) is 11.5 Å². The van der Waals surface area contributed by atoms with Crippen LogP contribution in [0.25, 0.3) is 0 Å². The molecule has 0 fully saturated rings. The van der Waals surface area contributed by atoms with Gasteiger partial charge in [0.15, 0.2) is 6.61 Å². The molecule has 0 aliphatic rings. The predicted molar refractivity (Wildman–Crippen MR) is 123 cm³/mol. The lowest BCUT2D eigenvalue weighted by Gasteiger charge is -2.12. The van der Waals surface area contributed by atoms with Gasteiger partial charge >= 0.3 is 11.9 Å². The monoisotopic (exact) mass is 494 g/mol. The zero-order valence-corrected chi connectivity index (χ0v) is 20.3. The van der Waals surface area contributed by atoms with Gasteiger partial charge in [0, 0.05) is 12.7 Å². The fourth-order valence-electron chi connectivity index (χ4n) is 2.95. The molecular weight excluding hydrogens is 468 g/mol. The predicted octanol–water partition coefficient (Wildman–Crippen LogP) is 2.08. The highest BCUT2D eigenvalue weighted by Gasteiger charge is 2.26. The first kappa shape index (κ1) is 26.6. The lowest BCUT2D eigenvalue weighted by Crippen LogP contribution is -2.22. The summed E-state index contributed by atoms with van der Waals surface area (Å²) < 4.78 is 25.5. The molecule has 34 heavy (non-hydrogen) atoms. The summed E-state index contributed by atoms with van der Waals surface area (Å²) in [6.07, 6.45) is 0. The van der Waals surface area contributed by atoms with Crippen LogP contribution in [0.4, 0.5) is 5.00 Å². The molecule has 0 atom stereocenters. The smallest absolute Gasteiger partial charge is 0.341 e. The molecule has 1 aromatic heterocycles. The van der Waals surface area contributed by atoms with Crippen LogP contribution in [0.3, 0.4) is 0 Å². The maximum atomic E-state index is 12.5. The van der Waals surface area contributed by atoms with Gasteiger partial charge in [0.2, 0.25) is 0 Å². The molecule has 2 aromatic rings. The lowest BCUT2D eigenvalue weighted by molar-refractivity contribution is -0.119. The molecule has 0 bridgehead atoms. The highest BCUT2D eigenvalue weighted by Crippen LogP contribution is 2.33. The Morgan fingerprint density at radius 1 is 0.912 bits per heavy atom. The molecule has 1 aromatic carbocycles. The second kappa shape index (κ2) is 12.0. The van der Waals surface area contributed by atoms with Crippen LogP contribution >= 0.6 is 11.3 Å². The number of ether oxygens (including phenoxy) is 5. The third-order valence-electron chi connectivity index (χ3n) is 4.67. The summed E-state index contributed by atoms with van der Waals surface area (Å²) in [6, 6.07) is 2.93. The maximum absolute atomic E-state index is 12.5. The summed E-state index contributed by atoms with van der Waals surface area (Å²) in [5.41, 5.74) is 6.44. The van der Waals surface area contributed by atoms with E-state index in [0.717, 1.165) is 11.3 Å². The molecule has 0 saturated heterocycles. The van der Waals surface area contributed by atoms with Crippen molar-refractivity contribution in [2.75, 3.05) is 46.5 Å². The third kappa shape index (κ3) is 6.23. The van der Waals surface area contributed by atoms with Gasteiger partial charge in [0.1, 0.15) is 23.1 Å². The highest BCUT2D eigenvalue weighted by molar-refractivity contribution is 7.18. The van der Waals surface area contributed by atoms with Crippen LogP contribution < -0.4 is 20.5 Å². The van der Waals surface area contributed by atoms with E-state index >= 15 is 0 Å². The first-order valence-corrected chi connectivity index (χ1v) is 10.7. The van der Waals surface area contributed by atoms with Crippen LogP contribution in [0.2, 0.25) is 0 Å². The van der Waals surface area contributed by atoms with Gasteiger partial charge in [0.05, 0.1) is 36.8 Å². The van der Waals surface area contributed by atoms with E-state index in [2.05, 4.69) is 5.32 Å². The van der Waals surface area contributed by atoms with Crippen LogP contribution in [0.1, 0.15) is 41.5 Å². The quantitative estimate of drug-likeness (QED) is 0.353. The summed E-state index contributed by atoms with van der Waals surface area (Å²) in [6.45, 7) is 2.77. The first-order chi connectivity index (χ1) is 16.1. The van der Waals surface area contributed by atoms with Crippen molar-refractivity contribution in [3.63, 3.8) is 0 Å². The molecule has 184 valence electrons. The third-order valence-corrected chi connectivity index (χ3v) is 5.89. The summed E-state index contributed by atoms with van der Waals surface area (Å²) in [5.74, 6) is -2.21. The van der Waals surface area contributed by atoms with E-state index in [0.29, 0.717) is 17.1 Å². The van der Waals surface area contributed by atoms with Crippen molar-refractivity contribution in [2.24, 2.45) is 5.73 Å². The van der Waals surface area contributed by atoms with Gasteiger partial charge in [-0.15, -0.1) is 11.3 Å². The van der Waals surface area contributed by atoms with Gasteiger partial charge in [-0.25, -0.2) is 9.59 Å². The van der Waals surface area contributed by atoms with E-state index in [1.807, 2.05) is 0 Å². The molecule has 0 saturated carbocycles. The number of nitrogens with one attached hydrogen (secondary N) is 1. The van der Waals surface area contributed by atoms with E-state index in [4.69, 9.17) is 29.4 Å². The SMILES string of the molecule is COCCOC(=O)c1c(NC(=O)COC(=O)c2cc(OC)c(C)c(OC)c2)sc(C(N)=O)c1C. The zero-order chi connectivity index (χ0) is 25.4. The second-order valence-corrected chi connectivity index (χ2v) is 7.90. The van der Waals surface area contributed by atoms with Gasteiger partial charge in [-0.3, -0.25) is 9.59 Å². The summed E-state index contributed by atoms with van der Waals surface area (Å²) in [7, 11) is 4.35. The van der Waals surface area contributed by atoms with Crippen molar-refractivity contribution in [2.45, 2.75) is 13.8 Å². The number of nitrogens with two attached hydrogens (primary N) is 1. The number of benzene rings is 1. The molecule has 2 amide bonds. The Labute approximate surface area is 200 Å². The molecule has 2 rings (SSSR count). The van der Waals surface area contributed by atoms with Gasteiger partial charge < -0.3 is 34.7 Å². The van der Waals surface area contributed by atoms with Gasteiger partial charge in [-0.2, -0.15) is 0 Å². The first-order valence-electron chi connectivity index (χ1n) is 9.93. The molecule has 0 spiro atoms. The average molecular weight is 495 g/mol. The number of thiophene rings is 1. The maximum Gasteiger partial charge on any atom is 0.341 e. The Morgan fingerprint density at radius 3 is 2.06 bits per heavy atom. The molecule has 0 aliphatic carbocycles. The standard InChI is InChI=1S/C22H26N2O9S/c1-11-14(30-4)8-13(9-15(11)31-5)21(27)33-10-16(25)24-20-17(22(28)32-7-6-29-3)12(2)18(34-20)19(23)26/h8-9H,6-7,10H2,1-5H3,(H2,23,26)(H,24,25).